The van der Waals surface area contributed by atoms with E-state index in [1.54, 1.807) is 6.07 Å². The normalized spacial score (nSPS) is 11.3. The first-order valence-corrected chi connectivity index (χ1v) is 6.25. The molecule has 0 bridgehead atoms. The lowest BCUT2D eigenvalue weighted by molar-refractivity contribution is -0.274. The average molecular weight is 320 g/mol. The maximum Gasteiger partial charge on any atom is 0.573 e. The minimum absolute atomic E-state index is 0.110. The Bertz CT molecular complexity index is 631. The van der Waals surface area contributed by atoms with Crippen molar-refractivity contribution in [1.82, 2.24) is 0 Å². The van der Waals surface area contributed by atoms with Crippen LogP contribution in [0, 0.1) is 5.82 Å². The van der Waals surface area contributed by atoms with Gasteiger partial charge in [0.05, 0.1) is 0 Å². The molecule has 7 heteroatoms. The van der Waals surface area contributed by atoms with E-state index in [1.807, 2.05) is 0 Å². The highest BCUT2D eigenvalue weighted by Crippen LogP contribution is 2.25. The van der Waals surface area contributed by atoms with E-state index < -0.39 is 12.2 Å². The van der Waals surface area contributed by atoms with Crippen LogP contribution in [0.15, 0.2) is 42.5 Å². The van der Waals surface area contributed by atoms with Gasteiger partial charge in [-0.25, -0.2) is 4.39 Å². The molecule has 0 saturated heterocycles. The summed E-state index contributed by atoms with van der Waals surface area (Å²) in [5.74, 6) is -0.832. The summed E-state index contributed by atoms with van der Waals surface area (Å²) in [6.07, 6.45) is -4.75. The number of hydrogen-bond donors (Lipinski definition) is 1. The van der Waals surface area contributed by atoms with Gasteiger partial charge in [0, 0.05) is 28.9 Å². The molecule has 0 aliphatic carbocycles. The van der Waals surface area contributed by atoms with Crippen LogP contribution in [0.2, 0.25) is 5.02 Å². The van der Waals surface area contributed by atoms with Crippen molar-refractivity contribution in [2.24, 2.45) is 0 Å². The molecule has 0 spiro atoms. The summed E-state index contributed by atoms with van der Waals surface area (Å²) in [5.41, 5.74) is 0.729. The standard InChI is InChI=1S/C14H10ClF4NO/c15-10-5-4-9(13(16)6-10)8-20-11-2-1-3-12(7-11)21-14(17,18)19/h1-7,20H,8H2. The molecule has 2 nitrogen and oxygen atoms in total. The van der Waals surface area contributed by atoms with Crippen LogP contribution >= 0.6 is 11.6 Å². The van der Waals surface area contributed by atoms with Gasteiger partial charge in [0.1, 0.15) is 11.6 Å². The van der Waals surface area contributed by atoms with Gasteiger partial charge in [-0.3, -0.25) is 0 Å². The lowest BCUT2D eigenvalue weighted by Gasteiger charge is -2.11. The third kappa shape index (κ3) is 4.82. The molecular weight excluding hydrogens is 310 g/mol. The molecule has 0 saturated carbocycles. The van der Waals surface area contributed by atoms with Gasteiger partial charge < -0.3 is 10.1 Å². The Morgan fingerprint density at radius 2 is 1.86 bits per heavy atom. The molecule has 0 amide bonds. The summed E-state index contributed by atoms with van der Waals surface area (Å²) in [6, 6.07) is 9.52. The Labute approximate surface area is 123 Å². The Morgan fingerprint density at radius 3 is 2.52 bits per heavy atom. The van der Waals surface area contributed by atoms with Crippen molar-refractivity contribution in [3.05, 3.63) is 58.9 Å². The van der Waals surface area contributed by atoms with Crippen molar-refractivity contribution >= 4 is 17.3 Å². The lowest BCUT2D eigenvalue weighted by atomic mass is 10.2. The van der Waals surface area contributed by atoms with Crippen LogP contribution in [-0.2, 0) is 6.54 Å². The Morgan fingerprint density at radius 1 is 1.10 bits per heavy atom. The highest BCUT2D eigenvalue weighted by Gasteiger charge is 2.31. The minimum Gasteiger partial charge on any atom is -0.406 e. The third-order valence-corrected chi connectivity index (χ3v) is 2.80. The van der Waals surface area contributed by atoms with Gasteiger partial charge >= 0.3 is 6.36 Å². The average Bonchev–Trinajstić information content (AvgIpc) is 2.36. The first-order chi connectivity index (χ1) is 9.83. The molecule has 1 N–H and O–H groups in total. The van der Waals surface area contributed by atoms with E-state index in [0.717, 1.165) is 0 Å². The third-order valence-electron chi connectivity index (χ3n) is 2.57. The molecule has 0 aromatic heterocycles. The Hall–Kier alpha value is -1.95. The SMILES string of the molecule is Fc1cc(Cl)ccc1CNc1cccc(OC(F)(F)F)c1. The Kier molecular flexibility index (Phi) is 4.57. The predicted octanol–water partition coefficient (Wildman–Crippen LogP) is 4.99. The summed E-state index contributed by atoms with van der Waals surface area (Å²) in [4.78, 5) is 0. The van der Waals surface area contributed by atoms with Gasteiger partial charge in [-0.15, -0.1) is 13.2 Å². The van der Waals surface area contributed by atoms with Gasteiger partial charge in [0.25, 0.3) is 0 Å². The second-order valence-corrected chi connectivity index (χ2v) is 4.60. The molecule has 2 aromatic carbocycles. The van der Waals surface area contributed by atoms with Crippen LogP contribution in [-0.4, -0.2) is 6.36 Å². The van der Waals surface area contributed by atoms with Crippen LogP contribution < -0.4 is 10.1 Å². The summed E-state index contributed by atoms with van der Waals surface area (Å²) in [7, 11) is 0. The summed E-state index contributed by atoms with van der Waals surface area (Å²) in [6.45, 7) is 0.110. The van der Waals surface area contributed by atoms with Gasteiger partial charge in [0.2, 0.25) is 0 Å². The van der Waals surface area contributed by atoms with Crippen molar-refractivity contribution in [1.29, 1.82) is 0 Å². The number of hydrogen-bond acceptors (Lipinski definition) is 2. The van der Waals surface area contributed by atoms with Crippen molar-refractivity contribution in [3.8, 4) is 5.75 Å². The van der Waals surface area contributed by atoms with Crippen molar-refractivity contribution < 1.29 is 22.3 Å². The van der Waals surface area contributed by atoms with Gasteiger partial charge in [-0.1, -0.05) is 23.7 Å². The number of nitrogens with one attached hydrogen (secondary N) is 1. The van der Waals surface area contributed by atoms with Crippen molar-refractivity contribution in [2.45, 2.75) is 12.9 Å². The number of anilines is 1. The van der Waals surface area contributed by atoms with E-state index in [9.17, 15) is 17.6 Å². The van der Waals surface area contributed by atoms with Gasteiger partial charge in [-0.05, 0) is 24.3 Å². The van der Waals surface area contributed by atoms with E-state index in [2.05, 4.69) is 10.1 Å². The van der Waals surface area contributed by atoms with Crippen LogP contribution in [0.5, 0.6) is 5.75 Å². The topological polar surface area (TPSA) is 21.3 Å². The maximum absolute atomic E-state index is 13.6. The van der Waals surface area contributed by atoms with Crippen LogP contribution in [0.25, 0.3) is 0 Å². The van der Waals surface area contributed by atoms with Gasteiger partial charge in [0.15, 0.2) is 0 Å². The highest BCUT2D eigenvalue weighted by atomic mass is 35.5. The number of halogens is 5. The summed E-state index contributed by atoms with van der Waals surface area (Å²) in [5, 5.41) is 3.09. The molecule has 0 fully saturated rings. The molecule has 0 atom stereocenters. The first-order valence-electron chi connectivity index (χ1n) is 5.87. The summed E-state index contributed by atoms with van der Waals surface area (Å²) < 4.78 is 53.7. The van der Waals surface area contributed by atoms with Crippen LogP contribution in [0.1, 0.15) is 5.56 Å². The fraction of sp³-hybridized carbons (Fsp3) is 0.143. The van der Waals surface area contributed by atoms with Crippen molar-refractivity contribution in [3.63, 3.8) is 0 Å². The molecule has 2 aromatic rings. The zero-order valence-electron chi connectivity index (χ0n) is 10.5. The predicted molar refractivity (Wildman–Crippen MR) is 71.9 cm³/mol. The smallest absolute Gasteiger partial charge is 0.406 e. The van der Waals surface area contributed by atoms with Crippen LogP contribution in [0.3, 0.4) is 0 Å². The molecular formula is C14H10ClF4NO. The fourth-order valence-electron chi connectivity index (χ4n) is 1.67. The van der Waals surface area contributed by atoms with E-state index in [-0.39, 0.29) is 17.3 Å². The number of alkyl halides is 3. The Balaban J connectivity index is 2.05. The lowest BCUT2D eigenvalue weighted by Crippen LogP contribution is -2.17. The monoisotopic (exact) mass is 319 g/mol. The molecule has 21 heavy (non-hydrogen) atoms. The first kappa shape index (κ1) is 15.4. The molecule has 0 unspecified atom stereocenters. The maximum atomic E-state index is 13.6. The molecule has 2 rings (SSSR count). The van der Waals surface area contributed by atoms with E-state index in [4.69, 9.17) is 11.6 Å². The molecule has 0 radical (unpaired) electrons. The summed E-state index contributed by atoms with van der Waals surface area (Å²) >= 11 is 5.63. The van der Waals surface area contributed by atoms with E-state index in [1.165, 1.54) is 36.4 Å². The molecule has 0 heterocycles. The number of benzene rings is 2. The molecule has 112 valence electrons. The van der Waals surface area contributed by atoms with Gasteiger partial charge in [-0.2, -0.15) is 0 Å². The number of ether oxygens (including phenoxy) is 1. The highest BCUT2D eigenvalue weighted by molar-refractivity contribution is 6.30. The zero-order valence-corrected chi connectivity index (χ0v) is 11.3. The zero-order chi connectivity index (χ0) is 15.5. The fourth-order valence-corrected chi connectivity index (χ4v) is 1.82. The second kappa shape index (κ2) is 6.22. The molecule has 0 aliphatic heterocycles. The van der Waals surface area contributed by atoms with Crippen molar-refractivity contribution in [2.75, 3.05) is 5.32 Å². The quantitative estimate of drug-likeness (QED) is 0.802. The van der Waals surface area contributed by atoms with E-state index >= 15 is 0 Å². The molecule has 0 aliphatic rings. The largest absolute Gasteiger partial charge is 0.573 e. The number of rotatable bonds is 4. The van der Waals surface area contributed by atoms with E-state index in [0.29, 0.717) is 11.3 Å². The second-order valence-electron chi connectivity index (χ2n) is 4.16. The van der Waals surface area contributed by atoms with Crippen LogP contribution in [0.4, 0.5) is 23.2 Å². The minimum atomic E-state index is -4.75.